The highest BCUT2D eigenvalue weighted by molar-refractivity contribution is 6.13. The van der Waals surface area contributed by atoms with E-state index in [1.54, 1.807) is 12.0 Å². The number of fused-ring (bicyclic) bond motifs is 1. The lowest BCUT2D eigenvalue weighted by molar-refractivity contribution is -0.192. The van der Waals surface area contributed by atoms with Crippen LogP contribution in [0.15, 0.2) is 42.6 Å². The fraction of sp³-hybridized carbons (Fsp3) is 0.642. The summed E-state index contributed by atoms with van der Waals surface area (Å²) in [6.45, 7) is 11.5. The number of hydrogen-bond acceptors (Lipinski definition) is 19. The molecule has 0 radical (unpaired) electrons. The number of halogens is 4. The summed E-state index contributed by atoms with van der Waals surface area (Å²) in [6, 6.07) is 7.62. The number of anilines is 2. The minimum Gasteiger partial charge on any atom is -0.496 e. The third-order valence-corrected chi connectivity index (χ3v) is 12.3. The van der Waals surface area contributed by atoms with Crippen molar-refractivity contribution in [2.24, 2.45) is 0 Å². The van der Waals surface area contributed by atoms with Gasteiger partial charge in [-0.25, -0.2) is 14.2 Å². The number of aromatic nitrogens is 3. The van der Waals surface area contributed by atoms with Crippen molar-refractivity contribution in [1.29, 1.82) is 0 Å². The van der Waals surface area contributed by atoms with Gasteiger partial charge in [-0.1, -0.05) is 31.9 Å². The summed E-state index contributed by atoms with van der Waals surface area (Å²) in [7, 11) is 1.65. The maximum absolute atomic E-state index is 14.4. The number of alkyl halides is 4. The standard InChI is InChI=1S/C51H78FN9O13.C2HF3O2/c1-3-4-5-13-55-50-49-43(56-51(53)57-50)10-15-60(49)38-41-7-6-40(35-44(41)66-2)37-58-17-18-59(39-42(58)36-52)46(63)12-19-67-21-23-69-25-27-71-29-31-73-33-34-74-32-30-72-28-26-70-24-22-68-20-14-54-45(62)11-16-61-47(64)8-9-48(61)65;3-2(4,5)1(6)7/h6-10,15,35,42H,3-5,11-14,16-34,36-39H2,1-2H3,(H,54,62)(H3,53,55,56,57);(H,6,7)/t42-;/m1./s1. The number of piperazine rings is 1. The normalized spacial score (nSPS) is 14.7. The highest BCUT2D eigenvalue weighted by Crippen LogP contribution is 2.28. The van der Waals surface area contributed by atoms with Gasteiger partial charge < -0.3 is 73.6 Å². The van der Waals surface area contributed by atoms with Crippen LogP contribution in [0.3, 0.4) is 0 Å². The first kappa shape index (κ1) is 67.4. The van der Waals surface area contributed by atoms with E-state index in [0.29, 0.717) is 144 Å². The van der Waals surface area contributed by atoms with E-state index in [9.17, 15) is 36.7 Å². The number of carboxylic acid groups (broad SMARTS) is 1. The molecular formula is C53H79F4N9O15. The Kier molecular flexibility index (Phi) is 32.1. The number of rotatable bonds is 41. The molecule has 454 valence electrons. The number of amides is 4. The van der Waals surface area contributed by atoms with Crippen LogP contribution >= 0.6 is 0 Å². The number of carbonyl (C=O) groups excluding carboxylic acids is 4. The Morgan fingerprint density at radius 3 is 1.83 bits per heavy atom. The van der Waals surface area contributed by atoms with Crippen molar-refractivity contribution in [3.8, 4) is 5.75 Å². The quantitative estimate of drug-likeness (QED) is 0.0361. The van der Waals surface area contributed by atoms with Crippen molar-refractivity contribution < 1.29 is 89.3 Å². The maximum Gasteiger partial charge on any atom is 0.490 e. The van der Waals surface area contributed by atoms with Crippen molar-refractivity contribution in [3.63, 3.8) is 0 Å². The van der Waals surface area contributed by atoms with Crippen molar-refractivity contribution in [2.45, 2.75) is 64.3 Å². The van der Waals surface area contributed by atoms with Crippen molar-refractivity contribution in [3.05, 3.63) is 53.7 Å². The Morgan fingerprint density at radius 1 is 0.741 bits per heavy atom. The zero-order valence-electron chi connectivity index (χ0n) is 46.3. The average molecular weight is 1160 g/mol. The van der Waals surface area contributed by atoms with E-state index < -0.39 is 36.7 Å². The van der Waals surface area contributed by atoms with Gasteiger partial charge in [-0.3, -0.25) is 29.0 Å². The number of ether oxygens (including phenoxy) is 9. The number of nitrogens with one attached hydrogen (secondary N) is 2. The zero-order valence-corrected chi connectivity index (χ0v) is 46.3. The minimum absolute atomic E-state index is 0.0400. The second kappa shape index (κ2) is 38.6. The lowest BCUT2D eigenvalue weighted by Crippen LogP contribution is -2.55. The van der Waals surface area contributed by atoms with E-state index in [1.807, 2.05) is 30.5 Å². The number of carboxylic acids is 1. The molecule has 2 aliphatic heterocycles. The highest BCUT2D eigenvalue weighted by atomic mass is 19.4. The number of aliphatic carboxylic acids is 1. The van der Waals surface area contributed by atoms with Crippen LogP contribution < -0.4 is 21.1 Å². The minimum atomic E-state index is -5.08. The fourth-order valence-corrected chi connectivity index (χ4v) is 8.05. The van der Waals surface area contributed by atoms with E-state index in [0.717, 1.165) is 58.6 Å². The van der Waals surface area contributed by atoms with Crippen molar-refractivity contribution in [1.82, 2.24) is 34.6 Å². The van der Waals surface area contributed by atoms with Gasteiger partial charge in [0, 0.05) is 76.1 Å². The van der Waals surface area contributed by atoms with E-state index in [-0.39, 0.29) is 43.8 Å². The van der Waals surface area contributed by atoms with Gasteiger partial charge >= 0.3 is 12.1 Å². The smallest absolute Gasteiger partial charge is 0.490 e. The number of nitrogen functional groups attached to an aromatic ring is 1. The van der Waals surface area contributed by atoms with Gasteiger partial charge in [0.05, 0.1) is 137 Å². The predicted molar refractivity (Wildman–Crippen MR) is 287 cm³/mol. The van der Waals surface area contributed by atoms with Crippen LogP contribution in [-0.2, 0) is 75.0 Å². The number of nitrogens with zero attached hydrogens (tertiary/aromatic N) is 6. The van der Waals surface area contributed by atoms with Gasteiger partial charge in [-0.05, 0) is 24.1 Å². The fourth-order valence-electron chi connectivity index (χ4n) is 8.05. The van der Waals surface area contributed by atoms with E-state index in [2.05, 4.69) is 37.0 Å². The van der Waals surface area contributed by atoms with Crippen LogP contribution in [0.5, 0.6) is 5.75 Å². The molecule has 3 aromatic rings. The molecular weight excluding hydrogens is 1080 g/mol. The van der Waals surface area contributed by atoms with Gasteiger partial charge in [0.15, 0.2) is 5.82 Å². The van der Waals surface area contributed by atoms with Gasteiger partial charge in [-0.15, -0.1) is 0 Å². The molecule has 1 aromatic carbocycles. The molecule has 2 aromatic heterocycles. The molecule has 0 unspecified atom stereocenters. The number of imide groups is 1. The van der Waals surface area contributed by atoms with Crippen LogP contribution in [0.25, 0.3) is 11.0 Å². The Balaban J connectivity index is 0.00000189. The summed E-state index contributed by atoms with van der Waals surface area (Å²) in [5.74, 6) is -2.22. The lowest BCUT2D eigenvalue weighted by atomic mass is 10.1. The molecule has 81 heavy (non-hydrogen) atoms. The topological polar surface area (TPSA) is 279 Å². The summed E-state index contributed by atoms with van der Waals surface area (Å²) in [6.07, 6.45) is 2.82. The molecule has 24 nitrogen and oxygen atoms in total. The molecule has 4 heterocycles. The molecule has 4 amide bonds. The molecule has 0 bridgehead atoms. The van der Waals surface area contributed by atoms with Crippen LogP contribution in [0.2, 0.25) is 0 Å². The number of carbonyl (C=O) groups is 5. The Bertz CT molecular complexity index is 2370. The zero-order chi connectivity index (χ0) is 58.7. The van der Waals surface area contributed by atoms with Gasteiger partial charge in [0.2, 0.25) is 17.8 Å². The summed E-state index contributed by atoms with van der Waals surface area (Å²) < 4.78 is 98.2. The summed E-state index contributed by atoms with van der Waals surface area (Å²) in [5, 5.41) is 13.3. The number of benzene rings is 1. The first-order valence-corrected chi connectivity index (χ1v) is 27.0. The number of unbranched alkanes of at least 4 members (excludes halogenated alkanes) is 2. The maximum atomic E-state index is 14.4. The Hall–Kier alpha value is -6.11. The lowest BCUT2D eigenvalue weighted by Gasteiger charge is -2.40. The van der Waals surface area contributed by atoms with Crippen LogP contribution in [0.1, 0.15) is 50.2 Å². The average Bonchev–Trinajstić information content (AvgIpc) is 4.25. The Morgan fingerprint density at radius 2 is 1.30 bits per heavy atom. The highest BCUT2D eigenvalue weighted by Gasteiger charge is 2.38. The van der Waals surface area contributed by atoms with E-state index in [4.69, 9.17) is 58.3 Å². The second-order valence-corrected chi connectivity index (χ2v) is 18.2. The largest absolute Gasteiger partial charge is 0.496 e. The van der Waals surface area contributed by atoms with Crippen molar-refractivity contribution in [2.75, 3.05) is 170 Å². The molecule has 5 rings (SSSR count). The number of hydrogen-bond donors (Lipinski definition) is 4. The molecule has 1 fully saturated rings. The summed E-state index contributed by atoms with van der Waals surface area (Å²) in [5.41, 5.74) is 9.65. The van der Waals surface area contributed by atoms with Gasteiger partial charge in [0.25, 0.3) is 11.8 Å². The van der Waals surface area contributed by atoms with Crippen LogP contribution in [-0.4, -0.2) is 235 Å². The predicted octanol–water partition coefficient (Wildman–Crippen LogP) is 3.24. The first-order valence-electron chi connectivity index (χ1n) is 27.0. The SMILES string of the molecule is CCCCCNc1nc(N)nc2ccn(Cc3ccc(CN4CCN(C(=O)CCOCCOCCOCCOCCOCCOCCOCCOCCNC(=O)CCN5C(=O)C=CC5=O)C[C@H]4CF)cc3OC)c12.O=C(O)C(F)(F)F. The molecule has 0 aliphatic carbocycles. The third kappa shape index (κ3) is 26.1. The molecule has 0 saturated carbocycles. The van der Waals surface area contributed by atoms with Gasteiger partial charge in [-0.2, -0.15) is 18.2 Å². The monoisotopic (exact) mass is 1160 g/mol. The summed E-state index contributed by atoms with van der Waals surface area (Å²) >= 11 is 0. The molecule has 5 N–H and O–H groups in total. The van der Waals surface area contributed by atoms with E-state index >= 15 is 0 Å². The van der Waals surface area contributed by atoms with Gasteiger partial charge in [0.1, 0.15) is 17.9 Å². The number of nitrogens with two attached hydrogens (primary N) is 1. The van der Waals surface area contributed by atoms with Crippen LogP contribution in [0, 0.1) is 0 Å². The molecule has 0 spiro atoms. The molecule has 1 atom stereocenters. The second-order valence-electron chi connectivity index (χ2n) is 18.2. The summed E-state index contributed by atoms with van der Waals surface area (Å²) in [4.78, 5) is 70.6. The molecule has 1 saturated heterocycles. The van der Waals surface area contributed by atoms with Crippen LogP contribution in [0.4, 0.5) is 29.3 Å². The third-order valence-electron chi connectivity index (χ3n) is 12.3. The molecule has 28 heteroatoms. The Labute approximate surface area is 468 Å². The van der Waals surface area contributed by atoms with E-state index in [1.165, 1.54) is 12.2 Å². The number of methoxy groups -OCH3 is 1. The van der Waals surface area contributed by atoms with Crippen molar-refractivity contribution >= 4 is 52.4 Å². The molecule has 2 aliphatic rings. The first-order chi connectivity index (χ1) is 39.1.